The van der Waals surface area contributed by atoms with Crippen molar-refractivity contribution in [3.63, 3.8) is 0 Å². The largest absolute Gasteiger partial charge is 0.337 e. The number of likely N-dealkylation sites (N-methyl/N-ethyl adjacent to an activating group) is 1. The van der Waals surface area contributed by atoms with Crippen molar-refractivity contribution in [1.29, 1.82) is 0 Å². The van der Waals surface area contributed by atoms with E-state index in [-0.39, 0.29) is 5.91 Å². The van der Waals surface area contributed by atoms with Crippen LogP contribution in [0.25, 0.3) is 0 Å². The number of carbonyl (C=O) groups excluding carboxylic acids is 1. The molecule has 0 bridgehead atoms. The van der Waals surface area contributed by atoms with Crippen molar-refractivity contribution < 1.29 is 4.79 Å². The van der Waals surface area contributed by atoms with Crippen molar-refractivity contribution >= 4 is 5.91 Å². The molecule has 122 valence electrons. The highest BCUT2D eigenvalue weighted by Crippen LogP contribution is 2.28. The maximum absolute atomic E-state index is 12.7. The number of amides is 1. The van der Waals surface area contributed by atoms with Gasteiger partial charge in [-0.3, -0.25) is 9.48 Å². The molecule has 1 amide bonds. The first-order valence-electron chi connectivity index (χ1n) is 8.56. The summed E-state index contributed by atoms with van der Waals surface area (Å²) < 4.78 is 2.02. The number of carbonyl (C=O) groups is 1. The topological polar surface area (TPSA) is 41.4 Å². The minimum atomic E-state index is 0.137. The number of nitrogens with zero attached hydrogens (tertiary/aromatic N) is 4. The Morgan fingerprint density at radius 1 is 1.23 bits per heavy atom. The molecule has 1 saturated carbocycles. The van der Waals surface area contributed by atoms with Crippen molar-refractivity contribution in [3.8, 4) is 0 Å². The lowest BCUT2D eigenvalue weighted by molar-refractivity contribution is 0.0781. The van der Waals surface area contributed by atoms with Gasteiger partial charge < -0.3 is 9.80 Å². The molecule has 1 saturated heterocycles. The standard InChI is InChI=1S/C17H28N4O/c1-13-10-20(12-16(13)19(2)3)17(22)14-9-18-21(11-14)15-7-5-4-6-8-15/h9,11,13,15-16H,4-8,10,12H2,1-3H3. The van der Waals surface area contributed by atoms with E-state index < -0.39 is 0 Å². The summed E-state index contributed by atoms with van der Waals surface area (Å²) in [5.41, 5.74) is 0.747. The second-order valence-corrected chi connectivity index (χ2v) is 7.22. The second-order valence-electron chi connectivity index (χ2n) is 7.22. The molecule has 0 spiro atoms. The van der Waals surface area contributed by atoms with Gasteiger partial charge in [-0.1, -0.05) is 26.2 Å². The normalized spacial score (nSPS) is 26.8. The molecule has 1 aromatic rings. The molecule has 0 N–H and O–H groups in total. The molecule has 5 heteroatoms. The van der Waals surface area contributed by atoms with Crippen LogP contribution in [-0.4, -0.2) is 58.7 Å². The van der Waals surface area contributed by atoms with Crippen LogP contribution in [0.15, 0.2) is 12.4 Å². The summed E-state index contributed by atoms with van der Waals surface area (Å²) in [6, 6.07) is 0.944. The number of hydrogen-bond acceptors (Lipinski definition) is 3. The summed E-state index contributed by atoms with van der Waals surface area (Å²) in [6.45, 7) is 3.89. The summed E-state index contributed by atoms with van der Waals surface area (Å²) in [5.74, 6) is 0.658. The van der Waals surface area contributed by atoms with Crippen LogP contribution < -0.4 is 0 Å². The molecule has 2 unspecified atom stereocenters. The lowest BCUT2D eigenvalue weighted by Gasteiger charge is -2.22. The lowest BCUT2D eigenvalue weighted by Crippen LogP contribution is -2.35. The third kappa shape index (κ3) is 3.05. The molecular formula is C17H28N4O. The van der Waals surface area contributed by atoms with E-state index in [1.54, 1.807) is 6.20 Å². The number of likely N-dealkylation sites (tertiary alicyclic amines) is 1. The molecule has 2 aliphatic rings. The zero-order valence-corrected chi connectivity index (χ0v) is 14.0. The van der Waals surface area contributed by atoms with Crippen LogP contribution in [-0.2, 0) is 0 Å². The predicted molar refractivity (Wildman–Crippen MR) is 86.9 cm³/mol. The first-order chi connectivity index (χ1) is 10.6. The van der Waals surface area contributed by atoms with Gasteiger partial charge in [0, 0.05) is 25.3 Å². The fraction of sp³-hybridized carbons (Fsp3) is 0.765. The van der Waals surface area contributed by atoms with Gasteiger partial charge in [-0.2, -0.15) is 5.10 Å². The van der Waals surface area contributed by atoms with E-state index in [4.69, 9.17) is 0 Å². The maximum atomic E-state index is 12.7. The average Bonchev–Trinajstić information content (AvgIpc) is 3.14. The van der Waals surface area contributed by atoms with E-state index in [1.807, 2.05) is 15.8 Å². The zero-order chi connectivity index (χ0) is 15.7. The summed E-state index contributed by atoms with van der Waals surface area (Å²) in [5, 5.41) is 4.46. The molecule has 2 heterocycles. The van der Waals surface area contributed by atoms with E-state index >= 15 is 0 Å². The van der Waals surface area contributed by atoms with E-state index in [9.17, 15) is 4.79 Å². The molecule has 0 aromatic carbocycles. The zero-order valence-electron chi connectivity index (χ0n) is 14.0. The smallest absolute Gasteiger partial charge is 0.257 e. The minimum Gasteiger partial charge on any atom is -0.337 e. The Morgan fingerprint density at radius 2 is 1.95 bits per heavy atom. The van der Waals surface area contributed by atoms with Crippen molar-refractivity contribution in [2.24, 2.45) is 5.92 Å². The predicted octanol–water partition coefficient (Wildman–Crippen LogP) is 2.41. The van der Waals surface area contributed by atoms with Crippen LogP contribution in [0.5, 0.6) is 0 Å². The number of rotatable bonds is 3. The fourth-order valence-corrected chi connectivity index (χ4v) is 3.96. The summed E-state index contributed by atoms with van der Waals surface area (Å²) in [4.78, 5) is 16.9. The van der Waals surface area contributed by atoms with Gasteiger partial charge in [-0.05, 0) is 32.9 Å². The SMILES string of the molecule is CC1CN(C(=O)c2cnn(C3CCCCC3)c2)CC1N(C)C. The Balaban J connectivity index is 1.67. The van der Waals surface area contributed by atoms with E-state index in [1.165, 1.54) is 32.1 Å². The van der Waals surface area contributed by atoms with Crippen LogP contribution in [0.1, 0.15) is 55.4 Å². The third-order valence-corrected chi connectivity index (χ3v) is 5.32. The van der Waals surface area contributed by atoms with E-state index in [2.05, 4.69) is 31.0 Å². The molecule has 0 radical (unpaired) electrons. The van der Waals surface area contributed by atoms with E-state index in [0.29, 0.717) is 18.0 Å². The molecular weight excluding hydrogens is 276 g/mol. The van der Waals surface area contributed by atoms with Crippen molar-refractivity contribution in [3.05, 3.63) is 18.0 Å². The van der Waals surface area contributed by atoms with Gasteiger partial charge in [0.05, 0.1) is 17.8 Å². The second kappa shape index (κ2) is 6.41. The monoisotopic (exact) mass is 304 g/mol. The molecule has 1 aliphatic heterocycles. The van der Waals surface area contributed by atoms with Gasteiger partial charge in [0.25, 0.3) is 5.91 Å². The molecule has 5 nitrogen and oxygen atoms in total. The number of aromatic nitrogens is 2. The van der Waals surface area contributed by atoms with Gasteiger partial charge in [0.1, 0.15) is 0 Å². The van der Waals surface area contributed by atoms with Crippen LogP contribution in [0, 0.1) is 5.92 Å². The van der Waals surface area contributed by atoms with Crippen LogP contribution in [0.2, 0.25) is 0 Å². The summed E-state index contributed by atoms with van der Waals surface area (Å²) in [7, 11) is 4.19. The van der Waals surface area contributed by atoms with Crippen LogP contribution in [0.4, 0.5) is 0 Å². The maximum Gasteiger partial charge on any atom is 0.257 e. The first-order valence-corrected chi connectivity index (χ1v) is 8.56. The average molecular weight is 304 g/mol. The third-order valence-electron chi connectivity index (χ3n) is 5.32. The van der Waals surface area contributed by atoms with Crippen molar-refractivity contribution in [2.75, 3.05) is 27.2 Å². The van der Waals surface area contributed by atoms with Crippen LogP contribution in [0.3, 0.4) is 0 Å². The van der Waals surface area contributed by atoms with Gasteiger partial charge >= 0.3 is 0 Å². The number of hydrogen-bond donors (Lipinski definition) is 0. The van der Waals surface area contributed by atoms with Crippen LogP contribution >= 0.6 is 0 Å². The fourth-order valence-electron chi connectivity index (χ4n) is 3.96. The minimum absolute atomic E-state index is 0.137. The quantitative estimate of drug-likeness (QED) is 0.861. The Bertz CT molecular complexity index is 518. The van der Waals surface area contributed by atoms with Gasteiger partial charge in [-0.25, -0.2) is 0 Å². The first kappa shape index (κ1) is 15.5. The summed E-state index contributed by atoms with van der Waals surface area (Å²) in [6.07, 6.45) is 10.00. The van der Waals surface area contributed by atoms with E-state index in [0.717, 1.165) is 18.7 Å². The lowest BCUT2D eigenvalue weighted by atomic mass is 9.96. The van der Waals surface area contributed by atoms with Gasteiger partial charge in [0.15, 0.2) is 0 Å². The highest BCUT2D eigenvalue weighted by atomic mass is 16.2. The Hall–Kier alpha value is -1.36. The highest BCUT2D eigenvalue weighted by Gasteiger charge is 2.34. The molecule has 22 heavy (non-hydrogen) atoms. The van der Waals surface area contributed by atoms with Crippen molar-refractivity contribution in [2.45, 2.75) is 51.1 Å². The Morgan fingerprint density at radius 3 is 2.59 bits per heavy atom. The summed E-state index contributed by atoms with van der Waals surface area (Å²) >= 11 is 0. The molecule has 2 fully saturated rings. The Labute approximate surface area is 133 Å². The molecule has 2 atom stereocenters. The van der Waals surface area contributed by atoms with Gasteiger partial charge in [0.2, 0.25) is 0 Å². The highest BCUT2D eigenvalue weighted by molar-refractivity contribution is 5.94. The molecule has 1 aromatic heterocycles. The molecule has 1 aliphatic carbocycles. The molecule has 3 rings (SSSR count). The van der Waals surface area contributed by atoms with Gasteiger partial charge in [-0.15, -0.1) is 0 Å². The Kier molecular flexibility index (Phi) is 4.52. The van der Waals surface area contributed by atoms with Crippen molar-refractivity contribution in [1.82, 2.24) is 19.6 Å².